The lowest BCUT2D eigenvalue weighted by molar-refractivity contribution is 0.152. The molecule has 1 aliphatic carbocycles. The first-order chi connectivity index (χ1) is 6.06. The van der Waals surface area contributed by atoms with Crippen LogP contribution in [0.3, 0.4) is 0 Å². The molecule has 1 aromatic rings. The molecule has 1 fully saturated rings. The minimum absolute atomic E-state index is 0.0811. The van der Waals surface area contributed by atoms with Gasteiger partial charge in [0.1, 0.15) is 0 Å². The van der Waals surface area contributed by atoms with Crippen molar-refractivity contribution in [2.75, 3.05) is 0 Å². The van der Waals surface area contributed by atoms with Crippen LogP contribution < -0.4 is 0 Å². The Labute approximate surface area is 90.9 Å². The standard InChI is InChI=1S/C10H13BrOS/c1-6-5-8(11)9(13-6)10(3-4-10)7(2)12/h5,7,12H,3-4H2,1-2H3. The SMILES string of the molecule is Cc1cc(Br)c(C2(C(C)O)CC2)s1. The lowest BCUT2D eigenvalue weighted by Crippen LogP contribution is -2.21. The van der Waals surface area contributed by atoms with E-state index in [0.717, 1.165) is 12.8 Å². The lowest BCUT2D eigenvalue weighted by Gasteiger charge is -2.17. The van der Waals surface area contributed by atoms with Gasteiger partial charge in [0, 0.05) is 19.6 Å². The summed E-state index contributed by atoms with van der Waals surface area (Å²) in [4.78, 5) is 2.65. The Bertz CT molecular complexity index is 326. The van der Waals surface area contributed by atoms with Crippen LogP contribution in [-0.4, -0.2) is 11.2 Å². The van der Waals surface area contributed by atoms with Gasteiger partial charge < -0.3 is 5.11 Å². The number of aryl methyl sites for hydroxylation is 1. The van der Waals surface area contributed by atoms with Gasteiger partial charge in [-0.15, -0.1) is 11.3 Å². The van der Waals surface area contributed by atoms with Crippen LogP contribution in [0.2, 0.25) is 0 Å². The number of halogens is 1. The molecule has 0 aliphatic heterocycles. The fourth-order valence-corrected chi connectivity index (χ4v) is 4.16. The van der Waals surface area contributed by atoms with Crippen molar-refractivity contribution in [1.29, 1.82) is 0 Å². The van der Waals surface area contributed by atoms with E-state index in [4.69, 9.17) is 0 Å². The molecule has 1 N–H and O–H groups in total. The Kier molecular flexibility index (Phi) is 2.29. The summed E-state index contributed by atoms with van der Waals surface area (Å²) in [6, 6.07) is 2.14. The summed E-state index contributed by atoms with van der Waals surface area (Å²) in [7, 11) is 0. The summed E-state index contributed by atoms with van der Waals surface area (Å²) in [6.45, 7) is 4.01. The number of thiophene rings is 1. The molecule has 13 heavy (non-hydrogen) atoms. The molecule has 2 rings (SSSR count). The number of aliphatic hydroxyl groups is 1. The van der Waals surface area contributed by atoms with Crippen LogP contribution in [0.15, 0.2) is 10.5 Å². The topological polar surface area (TPSA) is 20.2 Å². The van der Waals surface area contributed by atoms with Gasteiger partial charge in [0.05, 0.1) is 6.10 Å². The molecular formula is C10H13BrOS. The maximum Gasteiger partial charge on any atom is 0.0617 e. The van der Waals surface area contributed by atoms with Crippen molar-refractivity contribution < 1.29 is 5.11 Å². The number of hydrogen-bond acceptors (Lipinski definition) is 2. The summed E-state index contributed by atoms with van der Waals surface area (Å²) < 4.78 is 1.17. The lowest BCUT2D eigenvalue weighted by atomic mass is 9.99. The van der Waals surface area contributed by atoms with Crippen molar-refractivity contribution in [1.82, 2.24) is 0 Å². The Morgan fingerprint density at radius 3 is 2.54 bits per heavy atom. The predicted molar refractivity (Wildman–Crippen MR) is 59.3 cm³/mol. The van der Waals surface area contributed by atoms with Gasteiger partial charge in [0.15, 0.2) is 0 Å². The van der Waals surface area contributed by atoms with E-state index in [-0.39, 0.29) is 11.5 Å². The molecular weight excluding hydrogens is 248 g/mol. The van der Waals surface area contributed by atoms with E-state index in [0.29, 0.717) is 0 Å². The van der Waals surface area contributed by atoms with Crippen molar-refractivity contribution >= 4 is 27.3 Å². The zero-order valence-electron chi connectivity index (χ0n) is 7.80. The smallest absolute Gasteiger partial charge is 0.0617 e. The van der Waals surface area contributed by atoms with Crippen molar-refractivity contribution in [3.05, 3.63) is 20.3 Å². The summed E-state index contributed by atoms with van der Waals surface area (Å²) in [5.41, 5.74) is 0.0811. The minimum atomic E-state index is -0.221. The van der Waals surface area contributed by atoms with Crippen LogP contribution >= 0.6 is 27.3 Å². The second-order valence-corrected chi connectivity index (χ2v) is 5.98. The van der Waals surface area contributed by atoms with Gasteiger partial charge >= 0.3 is 0 Å². The third-order valence-electron chi connectivity index (χ3n) is 2.85. The van der Waals surface area contributed by atoms with E-state index in [1.165, 1.54) is 14.2 Å². The monoisotopic (exact) mass is 260 g/mol. The van der Waals surface area contributed by atoms with Gasteiger partial charge in [-0.05, 0) is 48.7 Å². The van der Waals surface area contributed by atoms with Crippen LogP contribution in [-0.2, 0) is 5.41 Å². The van der Waals surface area contributed by atoms with Crippen LogP contribution in [0.25, 0.3) is 0 Å². The highest BCUT2D eigenvalue weighted by Gasteiger charge is 2.50. The van der Waals surface area contributed by atoms with Crippen LogP contribution in [0, 0.1) is 6.92 Å². The first-order valence-corrected chi connectivity index (χ1v) is 6.12. The van der Waals surface area contributed by atoms with Crippen molar-refractivity contribution in [2.45, 2.75) is 38.2 Å². The van der Waals surface area contributed by atoms with E-state index in [2.05, 4.69) is 28.9 Å². The zero-order valence-corrected chi connectivity index (χ0v) is 10.2. The molecule has 1 aliphatic rings. The normalized spacial score (nSPS) is 21.5. The Hall–Kier alpha value is 0.140. The maximum absolute atomic E-state index is 9.72. The van der Waals surface area contributed by atoms with Gasteiger partial charge in [-0.25, -0.2) is 0 Å². The van der Waals surface area contributed by atoms with E-state index in [1.54, 1.807) is 11.3 Å². The molecule has 0 aromatic carbocycles. The Morgan fingerprint density at radius 1 is 1.62 bits per heavy atom. The Balaban J connectivity index is 2.40. The van der Waals surface area contributed by atoms with E-state index in [9.17, 15) is 5.11 Å². The van der Waals surface area contributed by atoms with Crippen LogP contribution in [0.4, 0.5) is 0 Å². The third kappa shape index (κ3) is 1.47. The molecule has 72 valence electrons. The molecule has 1 aromatic heterocycles. The summed E-state index contributed by atoms with van der Waals surface area (Å²) in [5, 5.41) is 9.72. The molecule has 1 heterocycles. The van der Waals surface area contributed by atoms with E-state index < -0.39 is 0 Å². The van der Waals surface area contributed by atoms with Gasteiger partial charge in [-0.1, -0.05) is 0 Å². The van der Waals surface area contributed by atoms with Crippen LogP contribution in [0.5, 0.6) is 0 Å². The van der Waals surface area contributed by atoms with Gasteiger partial charge in [-0.3, -0.25) is 0 Å². The van der Waals surface area contributed by atoms with E-state index in [1.807, 2.05) is 6.92 Å². The highest BCUT2D eigenvalue weighted by atomic mass is 79.9. The summed E-state index contributed by atoms with van der Waals surface area (Å²) >= 11 is 5.37. The average molecular weight is 261 g/mol. The molecule has 3 heteroatoms. The van der Waals surface area contributed by atoms with E-state index >= 15 is 0 Å². The first kappa shape index (κ1) is 9.69. The molecule has 1 atom stereocenters. The molecule has 1 nitrogen and oxygen atoms in total. The maximum atomic E-state index is 9.72. The second kappa shape index (κ2) is 3.07. The minimum Gasteiger partial charge on any atom is -0.392 e. The molecule has 0 radical (unpaired) electrons. The van der Waals surface area contributed by atoms with Crippen LogP contribution in [0.1, 0.15) is 29.5 Å². The average Bonchev–Trinajstić information content (AvgIpc) is 2.75. The third-order valence-corrected chi connectivity index (χ3v) is 5.01. The summed E-state index contributed by atoms with van der Waals surface area (Å²) in [6.07, 6.45) is 2.04. The highest BCUT2D eigenvalue weighted by Crippen LogP contribution is 2.55. The molecule has 1 unspecified atom stereocenters. The first-order valence-electron chi connectivity index (χ1n) is 4.51. The number of hydrogen-bond donors (Lipinski definition) is 1. The van der Waals surface area contributed by atoms with Gasteiger partial charge in [0.2, 0.25) is 0 Å². The molecule has 0 amide bonds. The molecule has 0 bridgehead atoms. The zero-order chi connectivity index (χ0) is 9.64. The van der Waals surface area contributed by atoms with Crippen molar-refractivity contribution in [3.8, 4) is 0 Å². The Morgan fingerprint density at radius 2 is 2.23 bits per heavy atom. The quantitative estimate of drug-likeness (QED) is 0.866. The summed E-state index contributed by atoms with van der Waals surface area (Å²) in [5.74, 6) is 0. The molecule has 0 spiro atoms. The second-order valence-electron chi connectivity index (χ2n) is 3.87. The van der Waals surface area contributed by atoms with Gasteiger partial charge in [0.25, 0.3) is 0 Å². The predicted octanol–water partition coefficient (Wildman–Crippen LogP) is 3.23. The van der Waals surface area contributed by atoms with Crippen molar-refractivity contribution in [3.63, 3.8) is 0 Å². The van der Waals surface area contributed by atoms with Crippen molar-refractivity contribution in [2.24, 2.45) is 0 Å². The number of aliphatic hydroxyl groups excluding tert-OH is 1. The van der Waals surface area contributed by atoms with Gasteiger partial charge in [-0.2, -0.15) is 0 Å². The molecule has 1 saturated carbocycles. The fraction of sp³-hybridized carbons (Fsp3) is 0.600. The largest absolute Gasteiger partial charge is 0.392 e. The number of rotatable bonds is 2. The molecule has 0 saturated heterocycles. The highest BCUT2D eigenvalue weighted by molar-refractivity contribution is 9.10. The fourth-order valence-electron chi connectivity index (χ4n) is 1.79.